The number of benzene rings is 4. The third kappa shape index (κ3) is 3.57. The van der Waals surface area contributed by atoms with E-state index in [-0.39, 0.29) is 11.8 Å². The van der Waals surface area contributed by atoms with Crippen molar-refractivity contribution in [1.82, 2.24) is 0 Å². The Kier molecular flexibility index (Phi) is 5.29. The first-order valence-corrected chi connectivity index (χ1v) is 11.4. The number of nitrogens with one attached hydrogen (secondary N) is 1. The van der Waals surface area contributed by atoms with Crippen molar-refractivity contribution in [2.45, 2.75) is 27.7 Å². The zero-order valence-corrected chi connectivity index (χ0v) is 19.8. The second-order valence-corrected chi connectivity index (χ2v) is 8.94. The van der Waals surface area contributed by atoms with E-state index in [1.165, 1.54) is 4.90 Å². The lowest BCUT2D eigenvalue weighted by molar-refractivity contribution is -0.120. The van der Waals surface area contributed by atoms with E-state index in [2.05, 4.69) is 11.4 Å². The molecule has 1 aliphatic rings. The minimum Gasteiger partial charge on any atom is -0.350 e. The molecule has 1 aliphatic heterocycles. The molecule has 4 aromatic rings. The molecular weight excluding hydrogens is 420 g/mol. The van der Waals surface area contributed by atoms with Crippen LogP contribution in [0.1, 0.15) is 27.8 Å². The Hall–Kier alpha value is -4.18. The number of carbonyl (C=O) groups excluding carboxylic acids is 2. The van der Waals surface area contributed by atoms with E-state index in [1.54, 1.807) is 0 Å². The predicted molar refractivity (Wildman–Crippen MR) is 139 cm³/mol. The van der Waals surface area contributed by atoms with Crippen LogP contribution in [0, 0.1) is 27.7 Å². The summed E-state index contributed by atoms with van der Waals surface area (Å²) in [5, 5.41) is 5.15. The van der Waals surface area contributed by atoms with Gasteiger partial charge in [-0.2, -0.15) is 0 Å². The molecule has 5 rings (SSSR count). The van der Waals surface area contributed by atoms with Gasteiger partial charge in [-0.05, 0) is 67.5 Å². The number of nitrogens with zero attached hydrogens (tertiary/aromatic N) is 1. The second kappa shape index (κ2) is 8.31. The number of fused-ring (bicyclic) bond motifs is 1. The predicted octanol–water partition coefficient (Wildman–Crippen LogP) is 6.47. The quantitative estimate of drug-likeness (QED) is 0.366. The summed E-state index contributed by atoms with van der Waals surface area (Å²) in [7, 11) is 0. The standard InChI is InChI=1S/C30H26N2O2/c1-18-12-15-25(21(4)16-18)31-28-27(23-14-13-19(2)20(3)17-23)29(33)32(30(28)34)26-11-7-9-22-8-5-6-10-24(22)26/h5-17,31H,1-4H3. The molecule has 168 valence electrons. The van der Waals surface area contributed by atoms with Gasteiger partial charge in [0.05, 0.1) is 11.3 Å². The molecule has 2 amide bonds. The monoisotopic (exact) mass is 446 g/mol. The summed E-state index contributed by atoms with van der Waals surface area (Å²) < 4.78 is 0. The van der Waals surface area contributed by atoms with Gasteiger partial charge < -0.3 is 5.32 Å². The fraction of sp³-hybridized carbons (Fsp3) is 0.133. The van der Waals surface area contributed by atoms with E-state index >= 15 is 0 Å². The SMILES string of the molecule is Cc1ccc(NC2=C(c3ccc(C)c(C)c3)C(=O)N(c3cccc4ccccc34)C2=O)c(C)c1. The zero-order valence-electron chi connectivity index (χ0n) is 19.8. The number of hydrogen-bond acceptors (Lipinski definition) is 3. The molecule has 0 unspecified atom stereocenters. The molecular formula is C30H26N2O2. The van der Waals surface area contributed by atoms with Gasteiger partial charge in [0.15, 0.2) is 0 Å². The summed E-state index contributed by atoms with van der Waals surface area (Å²) in [6.07, 6.45) is 0. The highest BCUT2D eigenvalue weighted by Gasteiger charge is 2.41. The van der Waals surface area contributed by atoms with Gasteiger partial charge >= 0.3 is 0 Å². The molecule has 0 aromatic heterocycles. The molecule has 0 radical (unpaired) electrons. The molecule has 0 bridgehead atoms. The van der Waals surface area contributed by atoms with Crippen molar-refractivity contribution in [2.75, 3.05) is 10.2 Å². The number of hydrogen-bond donors (Lipinski definition) is 1. The van der Waals surface area contributed by atoms with Crippen molar-refractivity contribution >= 4 is 39.5 Å². The van der Waals surface area contributed by atoms with Crippen LogP contribution in [0.5, 0.6) is 0 Å². The number of rotatable bonds is 4. The van der Waals surface area contributed by atoms with E-state index in [0.717, 1.165) is 44.3 Å². The summed E-state index contributed by atoms with van der Waals surface area (Å²) in [4.78, 5) is 29.1. The molecule has 1 heterocycles. The topological polar surface area (TPSA) is 49.4 Å². The van der Waals surface area contributed by atoms with E-state index in [4.69, 9.17) is 0 Å². The summed E-state index contributed by atoms with van der Waals surface area (Å²) in [6.45, 7) is 8.07. The van der Waals surface area contributed by atoms with Crippen LogP contribution in [0.2, 0.25) is 0 Å². The minimum absolute atomic E-state index is 0.299. The molecule has 4 aromatic carbocycles. The van der Waals surface area contributed by atoms with Gasteiger partial charge in [0, 0.05) is 11.1 Å². The fourth-order valence-corrected chi connectivity index (χ4v) is 4.52. The van der Waals surface area contributed by atoms with Crippen LogP contribution in [0.4, 0.5) is 11.4 Å². The number of amides is 2. The Morgan fingerprint density at radius 2 is 1.44 bits per heavy atom. The normalized spacial score (nSPS) is 13.8. The first-order valence-electron chi connectivity index (χ1n) is 11.4. The summed E-state index contributed by atoms with van der Waals surface area (Å²) in [6, 6.07) is 25.4. The maximum Gasteiger partial charge on any atom is 0.282 e. The average molecular weight is 447 g/mol. The van der Waals surface area contributed by atoms with Gasteiger partial charge in [-0.25, -0.2) is 4.90 Å². The average Bonchev–Trinajstić information content (AvgIpc) is 3.06. The number of anilines is 2. The van der Waals surface area contributed by atoms with Crippen LogP contribution in [-0.4, -0.2) is 11.8 Å². The molecule has 0 saturated carbocycles. The van der Waals surface area contributed by atoms with Crippen LogP contribution in [-0.2, 0) is 9.59 Å². The summed E-state index contributed by atoms with van der Waals surface area (Å²) in [5.74, 6) is -0.675. The van der Waals surface area contributed by atoms with Crippen molar-refractivity contribution in [2.24, 2.45) is 0 Å². The van der Waals surface area contributed by atoms with Gasteiger partial charge in [0.2, 0.25) is 0 Å². The number of aryl methyl sites for hydroxylation is 4. The maximum absolute atomic E-state index is 13.9. The molecule has 4 heteroatoms. The maximum atomic E-state index is 13.9. The first-order chi connectivity index (χ1) is 16.3. The van der Waals surface area contributed by atoms with Gasteiger partial charge in [0.1, 0.15) is 5.70 Å². The number of carbonyl (C=O) groups is 2. The van der Waals surface area contributed by atoms with Crippen molar-refractivity contribution in [3.8, 4) is 0 Å². The smallest absolute Gasteiger partial charge is 0.282 e. The Balaban J connectivity index is 1.69. The van der Waals surface area contributed by atoms with Crippen LogP contribution < -0.4 is 10.2 Å². The van der Waals surface area contributed by atoms with E-state index < -0.39 is 0 Å². The lowest BCUT2D eigenvalue weighted by Gasteiger charge is -2.18. The van der Waals surface area contributed by atoms with Crippen molar-refractivity contribution in [3.63, 3.8) is 0 Å². The van der Waals surface area contributed by atoms with Crippen molar-refractivity contribution in [3.05, 3.63) is 112 Å². The highest BCUT2D eigenvalue weighted by molar-refractivity contribution is 6.47. The molecule has 0 saturated heterocycles. The van der Waals surface area contributed by atoms with Crippen LogP contribution in [0.3, 0.4) is 0 Å². The van der Waals surface area contributed by atoms with Crippen LogP contribution in [0.25, 0.3) is 16.3 Å². The van der Waals surface area contributed by atoms with Crippen LogP contribution >= 0.6 is 0 Å². The van der Waals surface area contributed by atoms with Gasteiger partial charge in [-0.1, -0.05) is 72.3 Å². The Labute approximate surface area is 199 Å². The van der Waals surface area contributed by atoms with Crippen LogP contribution in [0.15, 0.2) is 84.6 Å². The highest BCUT2D eigenvalue weighted by Crippen LogP contribution is 2.37. The lowest BCUT2D eigenvalue weighted by atomic mass is 9.99. The third-order valence-corrected chi connectivity index (χ3v) is 6.53. The molecule has 1 N–H and O–H groups in total. The van der Waals surface area contributed by atoms with E-state index in [9.17, 15) is 9.59 Å². The Bertz CT molecular complexity index is 1510. The largest absolute Gasteiger partial charge is 0.350 e. The highest BCUT2D eigenvalue weighted by atomic mass is 16.2. The Morgan fingerprint density at radius 3 is 2.21 bits per heavy atom. The lowest BCUT2D eigenvalue weighted by Crippen LogP contribution is -2.32. The Morgan fingerprint density at radius 1 is 0.676 bits per heavy atom. The summed E-state index contributed by atoms with van der Waals surface area (Å²) in [5.41, 5.74) is 7.17. The summed E-state index contributed by atoms with van der Waals surface area (Å²) >= 11 is 0. The van der Waals surface area contributed by atoms with Gasteiger partial charge in [-0.3, -0.25) is 9.59 Å². The molecule has 34 heavy (non-hydrogen) atoms. The molecule has 0 atom stereocenters. The number of imide groups is 1. The van der Waals surface area contributed by atoms with Gasteiger partial charge in [-0.15, -0.1) is 0 Å². The molecule has 0 aliphatic carbocycles. The molecule has 4 nitrogen and oxygen atoms in total. The molecule has 0 spiro atoms. The van der Waals surface area contributed by atoms with Gasteiger partial charge in [0.25, 0.3) is 11.8 Å². The van der Waals surface area contributed by atoms with E-state index in [0.29, 0.717) is 17.0 Å². The zero-order chi connectivity index (χ0) is 24.0. The minimum atomic E-state index is -0.352. The molecule has 0 fully saturated rings. The fourth-order valence-electron chi connectivity index (χ4n) is 4.52. The van der Waals surface area contributed by atoms with E-state index in [1.807, 2.05) is 100 Å². The second-order valence-electron chi connectivity index (χ2n) is 8.94. The van der Waals surface area contributed by atoms with Crippen molar-refractivity contribution < 1.29 is 9.59 Å². The third-order valence-electron chi connectivity index (χ3n) is 6.53. The van der Waals surface area contributed by atoms with Crippen molar-refractivity contribution in [1.29, 1.82) is 0 Å². The first kappa shape index (κ1) is 21.7.